The number of carbonyl (C=O) groups is 3. The third-order valence-electron chi connectivity index (χ3n) is 5.05. The smallest absolute Gasteiger partial charge is 0.374 e. The van der Waals surface area contributed by atoms with Crippen molar-refractivity contribution in [3.05, 3.63) is 47.0 Å². The first-order chi connectivity index (χ1) is 11.1. The summed E-state index contributed by atoms with van der Waals surface area (Å²) in [6.45, 7) is 0. The Balaban J connectivity index is 2.11. The SMILES string of the molecule is COC(=O)C(=O)CC1(c2ccccc2)C(=O)CC2=C1CCCC2. The molecule has 4 heteroatoms. The minimum absolute atomic E-state index is 0.0350. The van der Waals surface area contributed by atoms with Crippen LogP contribution in [0.25, 0.3) is 0 Å². The molecule has 0 saturated carbocycles. The minimum atomic E-state index is -0.970. The van der Waals surface area contributed by atoms with E-state index in [1.807, 2.05) is 30.3 Å². The molecule has 2 aliphatic rings. The van der Waals surface area contributed by atoms with Crippen molar-refractivity contribution in [2.45, 2.75) is 43.9 Å². The lowest BCUT2D eigenvalue weighted by Gasteiger charge is -2.32. The molecule has 0 saturated heterocycles. The quantitative estimate of drug-likeness (QED) is 0.487. The Morgan fingerprint density at radius 2 is 1.83 bits per heavy atom. The van der Waals surface area contributed by atoms with Crippen molar-refractivity contribution in [3.8, 4) is 0 Å². The predicted octanol–water partition coefficient (Wildman–Crippen LogP) is 2.90. The molecule has 120 valence electrons. The monoisotopic (exact) mass is 312 g/mol. The molecule has 4 nitrogen and oxygen atoms in total. The van der Waals surface area contributed by atoms with Gasteiger partial charge >= 0.3 is 5.97 Å². The molecule has 3 rings (SSSR count). The van der Waals surface area contributed by atoms with Crippen LogP contribution in [0.15, 0.2) is 41.5 Å². The van der Waals surface area contributed by atoms with Crippen molar-refractivity contribution in [3.63, 3.8) is 0 Å². The average Bonchev–Trinajstić information content (AvgIpc) is 2.87. The van der Waals surface area contributed by atoms with Crippen molar-refractivity contribution in [1.29, 1.82) is 0 Å². The summed E-state index contributed by atoms with van der Waals surface area (Å²) in [5, 5.41) is 0. The number of benzene rings is 1. The van der Waals surface area contributed by atoms with Gasteiger partial charge < -0.3 is 4.74 Å². The van der Waals surface area contributed by atoms with Crippen LogP contribution >= 0.6 is 0 Å². The Morgan fingerprint density at radius 1 is 1.13 bits per heavy atom. The molecule has 0 heterocycles. The highest BCUT2D eigenvalue weighted by molar-refractivity contribution is 6.34. The Hall–Kier alpha value is -2.23. The maximum Gasteiger partial charge on any atom is 0.374 e. The van der Waals surface area contributed by atoms with E-state index >= 15 is 0 Å². The van der Waals surface area contributed by atoms with Crippen LogP contribution in [0.4, 0.5) is 0 Å². The standard InChI is InChI=1S/C19H20O4/c1-23-18(22)16(20)12-19(14-8-3-2-4-9-14)15-10-6-5-7-13(15)11-17(19)21/h2-4,8-9H,5-7,10-12H2,1H3. The van der Waals surface area contributed by atoms with E-state index in [1.54, 1.807) is 0 Å². The van der Waals surface area contributed by atoms with E-state index in [-0.39, 0.29) is 12.2 Å². The van der Waals surface area contributed by atoms with Gasteiger partial charge in [-0.1, -0.05) is 41.5 Å². The van der Waals surface area contributed by atoms with Gasteiger partial charge in [0.05, 0.1) is 12.5 Å². The fourth-order valence-electron chi connectivity index (χ4n) is 3.98. The number of ether oxygens (including phenoxy) is 1. The lowest BCUT2D eigenvalue weighted by atomic mass is 9.68. The van der Waals surface area contributed by atoms with E-state index in [9.17, 15) is 14.4 Å². The van der Waals surface area contributed by atoms with E-state index < -0.39 is 17.2 Å². The molecule has 0 N–H and O–H groups in total. The van der Waals surface area contributed by atoms with Crippen molar-refractivity contribution in [2.75, 3.05) is 7.11 Å². The number of allylic oxidation sites excluding steroid dienone is 2. The predicted molar refractivity (Wildman–Crippen MR) is 84.9 cm³/mol. The van der Waals surface area contributed by atoms with Gasteiger partial charge in [0.2, 0.25) is 5.78 Å². The van der Waals surface area contributed by atoms with Crippen molar-refractivity contribution < 1.29 is 19.1 Å². The summed E-state index contributed by atoms with van der Waals surface area (Å²) in [4.78, 5) is 36.9. The van der Waals surface area contributed by atoms with E-state index in [0.717, 1.165) is 36.8 Å². The van der Waals surface area contributed by atoms with Gasteiger partial charge in [-0.05, 0) is 31.2 Å². The van der Waals surface area contributed by atoms with Gasteiger partial charge in [-0.25, -0.2) is 4.79 Å². The van der Waals surface area contributed by atoms with Gasteiger partial charge in [0.25, 0.3) is 0 Å². The second-order valence-corrected chi connectivity index (χ2v) is 6.25. The van der Waals surface area contributed by atoms with E-state index in [4.69, 9.17) is 0 Å². The number of methoxy groups -OCH3 is 1. The lowest BCUT2D eigenvalue weighted by molar-refractivity contribution is -0.152. The summed E-state index contributed by atoms with van der Waals surface area (Å²) in [6, 6.07) is 9.39. The zero-order valence-corrected chi connectivity index (χ0v) is 13.3. The molecule has 23 heavy (non-hydrogen) atoms. The van der Waals surface area contributed by atoms with Crippen molar-refractivity contribution in [1.82, 2.24) is 0 Å². The zero-order valence-electron chi connectivity index (χ0n) is 13.3. The van der Waals surface area contributed by atoms with Gasteiger partial charge in [-0.2, -0.15) is 0 Å². The van der Waals surface area contributed by atoms with Crippen LogP contribution in [0.2, 0.25) is 0 Å². The fourth-order valence-corrected chi connectivity index (χ4v) is 3.98. The number of ketones is 2. The Kier molecular flexibility index (Phi) is 4.16. The Morgan fingerprint density at radius 3 is 2.52 bits per heavy atom. The van der Waals surface area contributed by atoms with Gasteiger partial charge in [-0.3, -0.25) is 9.59 Å². The summed E-state index contributed by atoms with van der Waals surface area (Å²) >= 11 is 0. The molecular formula is C19H20O4. The van der Waals surface area contributed by atoms with Crippen molar-refractivity contribution >= 4 is 17.5 Å². The maximum atomic E-state index is 13.0. The van der Waals surface area contributed by atoms with Gasteiger partial charge in [-0.15, -0.1) is 0 Å². The van der Waals surface area contributed by atoms with Gasteiger partial charge in [0, 0.05) is 12.8 Å². The Labute approximate surface area is 135 Å². The second kappa shape index (κ2) is 6.11. The van der Waals surface area contributed by atoms with Crippen LogP contribution in [0.3, 0.4) is 0 Å². The molecule has 0 aliphatic heterocycles. The Bertz CT molecular complexity index is 687. The van der Waals surface area contributed by atoms with Crippen LogP contribution in [-0.2, 0) is 24.5 Å². The molecule has 1 atom stereocenters. The first kappa shape index (κ1) is 15.7. The molecule has 0 aromatic heterocycles. The number of carbonyl (C=O) groups excluding carboxylic acids is 3. The third kappa shape index (κ3) is 2.52. The number of esters is 1. The van der Waals surface area contributed by atoms with Crippen LogP contribution in [0.5, 0.6) is 0 Å². The highest BCUT2D eigenvalue weighted by Gasteiger charge is 2.51. The average molecular weight is 312 g/mol. The summed E-state index contributed by atoms with van der Waals surface area (Å²) in [5.74, 6) is -1.48. The van der Waals surface area contributed by atoms with Crippen LogP contribution < -0.4 is 0 Å². The summed E-state index contributed by atoms with van der Waals surface area (Å²) in [5.41, 5.74) is 2.08. The molecule has 0 bridgehead atoms. The number of rotatable bonds is 4. The van der Waals surface area contributed by atoms with Gasteiger partial charge in [0.15, 0.2) is 5.78 Å². The fraction of sp³-hybridized carbons (Fsp3) is 0.421. The molecule has 0 spiro atoms. The van der Waals surface area contributed by atoms with Gasteiger partial charge in [0.1, 0.15) is 0 Å². The first-order valence-corrected chi connectivity index (χ1v) is 8.01. The van der Waals surface area contributed by atoms with E-state index in [0.29, 0.717) is 6.42 Å². The molecule has 1 unspecified atom stereocenters. The largest absolute Gasteiger partial charge is 0.463 e. The highest BCUT2D eigenvalue weighted by Crippen LogP contribution is 2.50. The van der Waals surface area contributed by atoms with E-state index in [1.165, 1.54) is 12.7 Å². The number of hydrogen-bond acceptors (Lipinski definition) is 4. The molecule has 1 aromatic carbocycles. The second-order valence-electron chi connectivity index (χ2n) is 6.25. The summed E-state index contributed by atoms with van der Waals surface area (Å²) in [6.07, 6.45) is 4.13. The van der Waals surface area contributed by atoms with Crippen LogP contribution in [0, 0.1) is 0 Å². The maximum absolute atomic E-state index is 13.0. The highest BCUT2D eigenvalue weighted by atomic mass is 16.5. The number of Topliss-reactive ketones (excluding diaryl/α,β-unsaturated/α-hetero) is 2. The molecular weight excluding hydrogens is 292 g/mol. The normalized spacial score (nSPS) is 23.6. The minimum Gasteiger partial charge on any atom is -0.463 e. The van der Waals surface area contributed by atoms with Crippen LogP contribution in [-0.4, -0.2) is 24.6 Å². The molecule has 2 aliphatic carbocycles. The van der Waals surface area contributed by atoms with E-state index in [2.05, 4.69) is 4.74 Å². The van der Waals surface area contributed by atoms with Crippen molar-refractivity contribution in [2.24, 2.45) is 0 Å². The molecule has 0 amide bonds. The lowest BCUT2D eigenvalue weighted by Crippen LogP contribution is -2.39. The zero-order chi connectivity index (χ0) is 16.4. The third-order valence-corrected chi connectivity index (χ3v) is 5.05. The topological polar surface area (TPSA) is 60.4 Å². The van der Waals surface area contributed by atoms with Crippen LogP contribution in [0.1, 0.15) is 44.1 Å². The summed E-state index contributed by atoms with van der Waals surface area (Å²) < 4.78 is 4.56. The number of hydrogen-bond donors (Lipinski definition) is 0. The molecule has 1 aromatic rings. The summed E-state index contributed by atoms with van der Waals surface area (Å²) in [7, 11) is 1.19. The molecule has 0 radical (unpaired) electrons. The first-order valence-electron chi connectivity index (χ1n) is 8.01. The molecule has 0 fully saturated rings.